The number of thiophene rings is 1. The Kier molecular flexibility index (Phi) is 5.42. The van der Waals surface area contributed by atoms with Crippen LogP contribution in [0.4, 0.5) is 0 Å². The van der Waals surface area contributed by atoms with Crippen LogP contribution in [0.15, 0.2) is 15.9 Å². The van der Waals surface area contributed by atoms with Crippen molar-refractivity contribution < 1.29 is 9.90 Å². The van der Waals surface area contributed by atoms with Gasteiger partial charge in [-0.1, -0.05) is 12.8 Å². The minimum Gasteiger partial charge on any atom is -0.391 e. The van der Waals surface area contributed by atoms with Crippen molar-refractivity contribution in [2.24, 2.45) is 5.92 Å². The van der Waals surface area contributed by atoms with Gasteiger partial charge in [0.2, 0.25) is 5.91 Å². The molecule has 0 spiro atoms. The van der Waals surface area contributed by atoms with Gasteiger partial charge < -0.3 is 10.4 Å². The first-order valence-electron chi connectivity index (χ1n) is 6.79. The number of amides is 1. The van der Waals surface area contributed by atoms with Gasteiger partial charge in [-0.3, -0.25) is 4.79 Å². The lowest BCUT2D eigenvalue weighted by Crippen LogP contribution is -2.37. The molecule has 1 aliphatic carbocycles. The molecule has 5 heteroatoms. The van der Waals surface area contributed by atoms with Crippen LogP contribution in [0.2, 0.25) is 0 Å². The Morgan fingerprint density at radius 1 is 1.53 bits per heavy atom. The summed E-state index contributed by atoms with van der Waals surface area (Å²) < 4.78 is 1.04. The molecule has 3 nitrogen and oxygen atoms in total. The number of carbonyl (C=O) groups excluding carboxylic acids is 1. The zero-order valence-corrected chi connectivity index (χ0v) is 13.5. The second-order valence-corrected chi connectivity index (χ2v) is 7.72. The number of rotatable bonds is 5. The van der Waals surface area contributed by atoms with Gasteiger partial charge in [-0.2, -0.15) is 0 Å². The van der Waals surface area contributed by atoms with Crippen LogP contribution in [0, 0.1) is 5.92 Å². The van der Waals surface area contributed by atoms with E-state index < -0.39 is 6.10 Å². The highest BCUT2D eigenvalue weighted by atomic mass is 79.9. The van der Waals surface area contributed by atoms with Crippen LogP contribution in [0.25, 0.3) is 0 Å². The maximum atomic E-state index is 12.0. The molecule has 1 aromatic rings. The highest BCUT2D eigenvalue weighted by Crippen LogP contribution is 2.29. The zero-order chi connectivity index (χ0) is 13.8. The highest BCUT2D eigenvalue weighted by Gasteiger charge is 2.24. The third-order valence-electron chi connectivity index (χ3n) is 3.84. The van der Waals surface area contributed by atoms with Crippen molar-refractivity contribution in [2.45, 2.75) is 44.6 Å². The van der Waals surface area contributed by atoms with Crippen LogP contribution in [-0.4, -0.2) is 23.7 Å². The summed E-state index contributed by atoms with van der Waals surface area (Å²) in [6.45, 7) is 2.27. The van der Waals surface area contributed by atoms with E-state index in [4.69, 9.17) is 0 Å². The lowest BCUT2D eigenvalue weighted by atomic mass is 10.0. The molecule has 1 saturated carbocycles. The number of aliphatic hydroxyl groups is 1. The Bertz CT molecular complexity index is 429. The minimum atomic E-state index is -0.395. The summed E-state index contributed by atoms with van der Waals surface area (Å²) >= 11 is 4.98. The average Bonchev–Trinajstić information content (AvgIpc) is 3.05. The molecule has 1 fully saturated rings. The molecule has 19 heavy (non-hydrogen) atoms. The molecule has 2 rings (SSSR count). The second kappa shape index (κ2) is 6.86. The summed E-state index contributed by atoms with van der Waals surface area (Å²) in [6, 6.07) is 3.92. The van der Waals surface area contributed by atoms with Crippen LogP contribution in [-0.2, 0) is 4.79 Å². The molecule has 2 atom stereocenters. The van der Waals surface area contributed by atoms with Crippen LogP contribution in [0.1, 0.15) is 43.4 Å². The van der Waals surface area contributed by atoms with Crippen LogP contribution in [0.3, 0.4) is 0 Å². The molecule has 0 aromatic carbocycles. The summed E-state index contributed by atoms with van der Waals surface area (Å²) in [7, 11) is 0. The Morgan fingerprint density at radius 2 is 2.21 bits per heavy atom. The quantitative estimate of drug-likeness (QED) is 0.860. The Morgan fingerprint density at radius 3 is 2.79 bits per heavy atom. The van der Waals surface area contributed by atoms with Gasteiger partial charge in [0.25, 0.3) is 0 Å². The van der Waals surface area contributed by atoms with E-state index in [-0.39, 0.29) is 11.8 Å². The van der Waals surface area contributed by atoms with E-state index >= 15 is 0 Å². The van der Waals surface area contributed by atoms with Gasteiger partial charge in [-0.15, -0.1) is 11.3 Å². The van der Waals surface area contributed by atoms with Crippen molar-refractivity contribution in [3.8, 4) is 0 Å². The van der Waals surface area contributed by atoms with Gasteiger partial charge in [0.1, 0.15) is 0 Å². The number of hydrogen-bond donors (Lipinski definition) is 2. The summed E-state index contributed by atoms with van der Waals surface area (Å²) in [4.78, 5) is 13.1. The monoisotopic (exact) mass is 345 g/mol. The molecule has 1 aromatic heterocycles. The molecule has 0 aliphatic heterocycles. The summed E-state index contributed by atoms with van der Waals surface area (Å²) in [5, 5.41) is 12.9. The third-order valence-corrected chi connectivity index (χ3v) is 5.65. The van der Waals surface area contributed by atoms with Gasteiger partial charge in [-0.05, 0) is 53.7 Å². The summed E-state index contributed by atoms with van der Waals surface area (Å²) in [6.07, 6.45) is 4.19. The fourth-order valence-electron chi connectivity index (χ4n) is 2.56. The second-order valence-electron chi connectivity index (χ2n) is 5.22. The van der Waals surface area contributed by atoms with E-state index in [0.29, 0.717) is 12.5 Å². The van der Waals surface area contributed by atoms with Crippen molar-refractivity contribution in [3.63, 3.8) is 0 Å². The lowest BCUT2D eigenvalue weighted by Gasteiger charge is -2.19. The van der Waals surface area contributed by atoms with Gasteiger partial charge in [0, 0.05) is 11.4 Å². The van der Waals surface area contributed by atoms with Gasteiger partial charge in [-0.25, -0.2) is 0 Å². The number of carbonyl (C=O) groups is 1. The number of nitrogens with one attached hydrogen (secondary N) is 1. The minimum absolute atomic E-state index is 0.00797. The lowest BCUT2D eigenvalue weighted by molar-refractivity contribution is -0.122. The molecule has 0 radical (unpaired) electrons. The molecule has 0 bridgehead atoms. The normalized spacial score (nSPS) is 19.3. The summed E-state index contributed by atoms with van der Waals surface area (Å²) in [5.41, 5.74) is 0. The number of hydrogen-bond acceptors (Lipinski definition) is 3. The van der Waals surface area contributed by atoms with E-state index in [1.165, 1.54) is 12.8 Å². The first-order chi connectivity index (χ1) is 9.08. The van der Waals surface area contributed by atoms with E-state index in [2.05, 4.69) is 21.2 Å². The molecular formula is C14H20BrNO2S. The molecule has 1 aliphatic rings. The smallest absolute Gasteiger partial charge is 0.228 e. The van der Waals surface area contributed by atoms with E-state index in [9.17, 15) is 9.90 Å². The maximum absolute atomic E-state index is 12.0. The topological polar surface area (TPSA) is 49.3 Å². The van der Waals surface area contributed by atoms with Crippen molar-refractivity contribution in [1.82, 2.24) is 5.32 Å². The largest absolute Gasteiger partial charge is 0.391 e. The molecular weight excluding hydrogens is 326 g/mol. The average molecular weight is 346 g/mol. The van der Waals surface area contributed by atoms with Crippen molar-refractivity contribution in [3.05, 3.63) is 20.8 Å². The standard InChI is InChI=1S/C14H20BrNO2S/c1-9(12-6-7-13(15)19-12)14(18)16-8-11(17)10-4-2-3-5-10/h6-7,9-11,17H,2-5,8H2,1H3,(H,16,18). The molecule has 0 saturated heterocycles. The van der Waals surface area contributed by atoms with Gasteiger partial charge in [0.05, 0.1) is 15.8 Å². The van der Waals surface area contributed by atoms with E-state index in [0.717, 1.165) is 21.5 Å². The maximum Gasteiger partial charge on any atom is 0.228 e. The first-order valence-corrected chi connectivity index (χ1v) is 8.40. The fourth-order valence-corrected chi connectivity index (χ4v) is 4.03. The SMILES string of the molecule is CC(C(=O)NCC(O)C1CCCC1)c1ccc(Br)s1. The predicted molar refractivity (Wildman–Crippen MR) is 81.4 cm³/mol. The highest BCUT2D eigenvalue weighted by molar-refractivity contribution is 9.11. The number of aliphatic hydroxyl groups excluding tert-OH is 1. The Hall–Kier alpha value is -0.390. The Balaban J connectivity index is 1.80. The van der Waals surface area contributed by atoms with E-state index in [1.807, 2.05) is 19.1 Å². The van der Waals surface area contributed by atoms with Gasteiger partial charge in [0.15, 0.2) is 0 Å². The van der Waals surface area contributed by atoms with Crippen molar-refractivity contribution >= 4 is 33.2 Å². The third kappa shape index (κ3) is 4.04. The first kappa shape index (κ1) is 15.0. The van der Waals surface area contributed by atoms with Crippen molar-refractivity contribution in [1.29, 1.82) is 0 Å². The van der Waals surface area contributed by atoms with Crippen LogP contribution < -0.4 is 5.32 Å². The molecule has 106 valence electrons. The van der Waals surface area contributed by atoms with Crippen LogP contribution in [0.5, 0.6) is 0 Å². The van der Waals surface area contributed by atoms with E-state index in [1.54, 1.807) is 11.3 Å². The molecule has 1 heterocycles. The summed E-state index contributed by atoms with van der Waals surface area (Å²) in [5.74, 6) is 0.199. The molecule has 2 N–H and O–H groups in total. The predicted octanol–water partition coefficient (Wildman–Crippen LogP) is 3.28. The Labute approximate surface area is 126 Å². The van der Waals surface area contributed by atoms with Crippen LogP contribution >= 0.6 is 27.3 Å². The molecule has 2 unspecified atom stereocenters. The van der Waals surface area contributed by atoms with Gasteiger partial charge >= 0.3 is 0 Å². The molecule has 1 amide bonds. The number of halogens is 1. The zero-order valence-electron chi connectivity index (χ0n) is 11.1. The fraction of sp³-hybridized carbons (Fsp3) is 0.643. The van der Waals surface area contributed by atoms with Crippen molar-refractivity contribution in [2.75, 3.05) is 6.54 Å².